The van der Waals surface area contributed by atoms with Gasteiger partial charge in [0.15, 0.2) is 0 Å². The van der Waals surface area contributed by atoms with Gasteiger partial charge in [-0.2, -0.15) is 0 Å². The molecule has 2 N–H and O–H groups in total. The fourth-order valence-electron chi connectivity index (χ4n) is 2.31. The summed E-state index contributed by atoms with van der Waals surface area (Å²) < 4.78 is 57.1. The first-order chi connectivity index (χ1) is 12.2. The van der Waals surface area contributed by atoms with E-state index in [-0.39, 0.29) is 30.6 Å². The van der Waals surface area contributed by atoms with Crippen molar-refractivity contribution in [3.05, 3.63) is 29.8 Å². The Morgan fingerprint density at radius 1 is 0.923 bits per heavy atom. The minimum Gasteiger partial charge on any atom is -0.492 e. The van der Waals surface area contributed by atoms with Crippen LogP contribution in [0.2, 0.25) is 0 Å². The Hall–Kier alpha value is -1.16. The first kappa shape index (κ1) is 22.9. The van der Waals surface area contributed by atoms with Gasteiger partial charge in [-0.15, -0.1) is 0 Å². The van der Waals surface area contributed by atoms with Crippen LogP contribution in [0, 0.1) is 0 Å². The van der Waals surface area contributed by atoms with Crippen molar-refractivity contribution in [2.24, 2.45) is 0 Å². The second-order valence-corrected chi connectivity index (χ2v) is 10.1. The first-order valence-electron chi connectivity index (χ1n) is 8.86. The van der Waals surface area contributed by atoms with Crippen molar-refractivity contribution in [3.8, 4) is 5.75 Å². The highest BCUT2D eigenvalue weighted by Crippen LogP contribution is 2.19. The van der Waals surface area contributed by atoms with Gasteiger partial charge in [0.05, 0.1) is 11.5 Å². The predicted molar refractivity (Wildman–Crippen MR) is 105 cm³/mol. The summed E-state index contributed by atoms with van der Waals surface area (Å²) in [6.45, 7) is 6.41. The van der Waals surface area contributed by atoms with Crippen LogP contribution in [-0.2, 0) is 20.0 Å². The van der Waals surface area contributed by atoms with E-state index >= 15 is 0 Å². The van der Waals surface area contributed by atoms with Gasteiger partial charge < -0.3 is 4.74 Å². The van der Waals surface area contributed by atoms with Gasteiger partial charge in [0.2, 0.25) is 20.0 Å². The van der Waals surface area contributed by atoms with Gasteiger partial charge in [-0.25, -0.2) is 26.3 Å². The lowest BCUT2D eigenvalue weighted by Gasteiger charge is -2.14. The van der Waals surface area contributed by atoms with E-state index in [1.807, 2.05) is 32.9 Å². The van der Waals surface area contributed by atoms with Crippen molar-refractivity contribution in [1.29, 1.82) is 0 Å². The van der Waals surface area contributed by atoms with Crippen molar-refractivity contribution in [2.75, 3.05) is 31.2 Å². The molecule has 0 bridgehead atoms. The van der Waals surface area contributed by atoms with Crippen molar-refractivity contribution in [2.45, 2.75) is 39.5 Å². The Kier molecular flexibility index (Phi) is 9.56. The SMILES string of the molecule is CCCS(=O)(=O)NCCOc1ccc(C(C)CNS(=O)(=O)CCC)cc1. The van der Waals surface area contributed by atoms with Crippen LogP contribution < -0.4 is 14.2 Å². The van der Waals surface area contributed by atoms with Gasteiger partial charge >= 0.3 is 0 Å². The number of ether oxygens (including phenoxy) is 1. The second-order valence-electron chi connectivity index (χ2n) is 6.20. The monoisotopic (exact) mass is 406 g/mol. The maximum Gasteiger partial charge on any atom is 0.211 e. The molecule has 0 fully saturated rings. The molecule has 0 saturated carbocycles. The van der Waals surface area contributed by atoms with Crippen LogP contribution in [0.4, 0.5) is 0 Å². The molecule has 1 aromatic carbocycles. The van der Waals surface area contributed by atoms with Crippen LogP contribution in [0.25, 0.3) is 0 Å². The van der Waals surface area contributed by atoms with Crippen LogP contribution >= 0.6 is 0 Å². The Labute approximate surface area is 157 Å². The Morgan fingerprint density at radius 2 is 1.46 bits per heavy atom. The van der Waals surface area contributed by atoms with Crippen LogP contribution in [0.3, 0.4) is 0 Å². The number of hydrogen-bond acceptors (Lipinski definition) is 5. The lowest BCUT2D eigenvalue weighted by molar-refractivity contribution is 0.322. The highest BCUT2D eigenvalue weighted by molar-refractivity contribution is 7.89. The molecule has 1 unspecified atom stereocenters. The topological polar surface area (TPSA) is 102 Å². The molecule has 0 spiro atoms. The average Bonchev–Trinajstić information content (AvgIpc) is 2.57. The largest absolute Gasteiger partial charge is 0.492 e. The van der Waals surface area contributed by atoms with E-state index in [1.165, 1.54) is 0 Å². The van der Waals surface area contributed by atoms with E-state index in [1.54, 1.807) is 12.1 Å². The Morgan fingerprint density at radius 3 is 2.00 bits per heavy atom. The molecule has 1 atom stereocenters. The normalized spacial score (nSPS) is 13.5. The zero-order chi connectivity index (χ0) is 19.6. The zero-order valence-corrected chi connectivity index (χ0v) is 17.3. The minimum atomic E-state index is -3.21. The predicted octanol–water partition coefficient (Wildman–Crippen LogP) is 1.83. The molecular weight excluding hydrogens is 376 g/mol. The number of hydrogen-bond donors (Lipinski definition) is 2. The lowest BCUT2D eigenvalue weighted by Crippen LogP contribution is -2.30. The molecule has 0 aliphatic rings. The molecule has 0 saturated heterocycles. The molecule has 1 aromatic rings. The van der Waals surface area contributed by atoms with Gasteiger partial charge in [0, 0.05) is 13.1 Å². The van der Waals surface area contributed by atoms with Gasteiger partial charge in [0.1, 0.15) is 12.4 Å². The number of nitrogens with one attached hydrogen (secondary N) is 2. The van der Waals surface area contributed by atoms with Crippen molar-refractivity contribution in [3.63, 3.8) is 0 Å². The van der Waals surface area contributed by atoms with Crippen LogP contribution in [0.1, 0.15) is 45.1 Å². The summed E-state index contributed by atoms with van der Waals surface area (Å²) in [4.78, 5) is 0. The molecule has 0 radical (unpaired) electrons. The Bertz CT molecular complexity index is 731. The van der Waals surface area contributed by atoms with Crippen LogP contribution in [0.15, 0.2) is 24.3 Å². The molecule has 1 rings (SSSR count). The van der Waals surface area contributed by atoms with Gasteiger partial charge in [0.25, 0.3) is 0 Å². The summed E-state index contributed by atoms with van der Waals surface area (Å²) in [7, 11) is -6.42. The number of benzene rings is 1. The Balaban J connectivity index is 2.43. The third-order valence-corrected chi connectivity index (χ3v) is 6.84. The summed E-state index contributed by atoms with van der Waals surface area (Å²) in [6.07, 6.45) is 1.16. The van der Waals surface area contributed by atoms with E-state index in [0.29, 0.717) is 25.1 Å². The summed E-state index contributed by atoms with van der Waals surface area (Å²) in [5.41, 5.74) is 1.00. The first-order valence-corrected chi connectivity index (χ1v) is 12.2. The molecule has 26 heavy (non-hydrogen) atoms. The van der Waals surface area contributed by atoms with E-state index in [2.05, 4.69) is 9.44 Å². The highest BCUT2D eigenvalue weighted by Gasteiger charge is 2.12. The summed E-state index contributed by atoms with van der Waals surface area (Å²) in [5, 5.41) is 0. The fourth-order valence-corrected chi connectivity index (χ4v) is 4.57. The van der Waals surface area contributed by atoms with Crippen LogP contribution in [0.5, 0.6) is 5.75 Å². The summed E-state index contributed by atoms with van der Waals surface area (Å²) >= 11 is 0. The maximum absolute atomic E-state index is 11.7. The van der Waals surface area contributed by atoms with E-state index in [9.17, 15) is 16.8 Å². The highest BCUT2D eigenvalue weighted by atomic mass is 32.2. The number of rotatable bonds is 13. The molecule has 0 amide bonds. The standard InChI is InChI=1S/C17H30N2O5S2/c1-4-12-25(20,21)18-10-11-24-17-8-6-16(7-9-17)15(3)14-19-26(22,23)13-5-2/h6-9,15,18-19H,4-5,10-14H2,1-3H3. The maximum atomic E-state index is 11.7. The molecule has 0 aliphatic heterocycles. The molecule has 0 aromatic heterocycles. The molecule has 9 heteroatoms. The molecule has 7 nitrogen and oxygen atoms in total. The smallest absolute Gasteiger partial charge is 0.211 e. The fraction of sp³-hybridized carbons (Fsp3) is 0.647. The minimum absolute atomic E-state index is 0.0385. The van der Waals surface area contributed by atoms with Crippen molar-refractivity contribution in [1.82, 2.24) is 9.44 Å². The van der Waals surface area contributed by atoms with E-state index < -0.39 is 20.0 Å². The third kappa shape index (κ3) is 8.98. The summed E-state index contributed by atoms with van der Waals surface area (Å²) in [5.74, 6) is 0.926. The van der Waals surface area contributed by atoms with Gasteiger partial charge in [-0.3, -0.25) is 0 Å². The van der Waals surface area contributed by atoms with Gasteiger partial charge in [-0.1, -0.05) is 32.9 Å². The van der Waals surface area contributed by atoms with E-state index in [4.69, 9.17) is 4.74 Å². The summed E-state index contributed by atoms with van der Waals surface area (Å²) in [6, 6.07) is 7.37. The molecule has 0 aliphatic carbocycles. The lowest BCUT2D eigenvalue weighted by atomic mass is 10.0. The van der Waals surface area contributed by atoms with Crippen LogP contribution in [-0.4, -0.2) is 48.0 Å². The zero-order valence-electron chi connectivity index (χ0n) is 15.7. The molecular formula is C17H30N2O5S2. The number of sulfonamides is 2. The van der Waals surface area contributed by atoms with Crippen molar-refractivity contribution < 1.29 is 21.6 Å². The molecule has 150 valence electrons. The average molecular weight is 407 g/mol. The quantitative estimate of drug-likeness (QED) is 0.487. The van der Waals surface area contributed by atoms with E-state index in [0.717, 1.165) is 5.56 Å². The molecule has 0 heterocycles. The second kappa shape index (κ2) is 10.9. The van der Waals surface area contributed by atoms with Gasteiger partial charge in [-0.05, 0) is 36.5 Å². The third-order valence-electron chi connectivity index (χ3n) is 3.70. The van der Waals surface area contributed by atoms with Crippen molar-refractivity contribution >= 4 is 20.0 Å².